The van der Waals surface area contributed by atoms with Crippen molar-refractivity contribution in [2.24, 2.45) is 28.7 Å². The minimum Gasteiger partial charge on any atom is -0.497 e. The van der Waals surface area contributed by atoms with E-state index in [1.165, 1.54) is 39.3 Å². The van der Waals surface area contributed by atoms with E-state index in [9.17, 15) is 19.2 Å². The zero-order valence-electron chi connectivity index (χ0n) is 76.9. The van der Waals surface area contributed by atoms with Crippen molar-refractivity contribution in [2.45, 2.75) is 286 Å². The van der Waals surface area contributed by atoms with Crippen LogP contribution < -0.4 is 51.7 Å². The number of amides is 5. The van der Waals surface area contributed by atoms with Crippen LogP contribution in [0.25, 0.3) is 11.1 Å². The molecule has 0 aliphatic carbocycles. The van der Waals surface area contributed by atoms with Crippen molar-refractivity contribution in [3.05, 3.63) is 178 Å². The summed E-state index contributed by atoms with van der Waals surface area (Å²) >= 11 is 0. The van der Waals surface area contributed by atoms with Gasteiger partial charge in [0.25, 0.3) is 5.91 Å². The van der Waals surface area contributed by atoms with Crippen LogP contribution in [0.3, 0.4) is 0 Å². The quantitative estimate of drug-likeness (QED) is 0.0153. The summed E-state index contributed by atoms with van der Waals surface area (Å²) in [6, 6.07) is 31.8. The number of unbranched alkanes of at least 4 members (excludes halogenated alkanes) is 2. The van der Waals surface area contributed by atoms with Gasteiger partial charge in [-0.25, -0.2) is 4.39 Å². The average Bonchev–Trinajstić information content (AvgIpc) is 0.805. The van der Waals surface area contributed by atoms with Crippen molar-refractivity contribution in [3.8, 4) is 34.1 Å². The number of halogens is 1. The van der Waals surface area contributed by atoms with E-state index in [0.29, 0.717) is 59.8 Å². The number of primary amides is 1. The first-order valence-electron chi connectivity index (χ1n) is 43.3. The molecule has 124 heavy (non-hydrogen) atoms. The van der Waals surface area contributed by atoms with Crippen molar-refractivity contribution in [1.82, 2.24) is 21.3 Å². The average molecular weight is 1720 g/mol. The number of ether oxygens (including phenoxy) is 8. The molecule has 0 heterocycles. The molecule has 678 valence electrons. The monoisotopic (exact) mass is 1720 g/mol. The lowest BCUT2D eigenvalue weighted by Crippen LogP contribution is -2.57. The van der Waals surface area contributed by atoms with E-state index in [2.05, 4.69) is 53.3 Å². The fraction of sp³-hybridized carbons (Fsp3) is 0.535. The molecular weight excluding hydrogens is 1580 g/mol. The van der Waals surface area contributed by atoms with E-state index < -0.39 is 179 Å². The maximum Gasteiger partial charge on any atom is 0.308 e. The van der Waals surface area contributed by atoms with Gasteiger partial charge in [0.1, 0.15) is 46.5 Å². The Morgan fingerprint density at radius 2 is 1.12 bits per heavy atom. The van der Waals surface area contributed by atoms with Crippen molar-refractivity contribution in [2.75, 3.05) is 40.6 Å². The Bertz CT molecular complexity index is 4560. The van der Waals surface area contributed by atoms with E-state index in [0.717, 1.165) is 58.4 Å². The number of carbonyl (C=O) groups excluding carboxylic acids is 10. The number of rotatable bonds is 50. The van der Waals surface area contributed by atoms with Crippen LogP contribution in [0.4, 0.5) is 4.39 Å². The second-order valence-corrected chi connectivity index (χ2v) is 36.8. The molecule has 0 spiro atoms. The van der Waals surface area contributed by atoms with Gasteiger partial charge in [-0.2, -0.15) is 0 Å². The van der Waals surface area contributed by atoms with Gasteiger partial charge in [0.2, 0.25) is 23.6 Å². The summed E-state index contributed by atoms with van der Waals surface area (Å²) < 4.78 is 64.1. The lowest BCUT2D eigenvalue weighted by molar-refractivity contribution is -0.156. The van der Waals surface area contributed by atoms with Crippen LogP contribution in [-0.4, -0.2) is 158 Å². The molecule has 1 unspecified atom stereocenters. The molecule has 0 bridgehead atoms. The number of hydrogen-bond acceptors (Lipinski definition) is 19. The van der Waals surface area contributed by atoms with Crippen LogP contribution in [0.5, 0.6) is 23.0 Å². The highest BCUT2D eigenvalue weighted by molar-refractivity contribution is 6.00. The van der Waals surface area contributed by atoms with Gasteiger partial charge in [-0.05, 0) is 231 Å². The van der Waals surface area contributed by atoms with Gasteiger partial charge in [-0.1, -0.05) is 130 Å². The van der Waals surface area contributed by atoms with Gasteiger partial charge in [0, 0.05) is 49.1 Å². The number of nitrogens with one attached hydrogen (secondary N) is 4. The minimum atomic E-state index is -1.88. The van der Waals surface area contributed by atoms with E-state index >= 15 is 33.2 Å². The van der Waals surface area contributed by atoms with Crippen molar-refractivity contribution in [3.63, 3.8) is 0 Å². The van der Waals surface area contributed by atoms with Gasteiger partial charge in [0.05, 0.1) is 92.8 Å². The molecule has 0 saturated carbocycles. The van der Waals surface area contributed by atoms with Gasteiger partial charge in [-0.15, -0.1) is 0 Å². The van der Waals surface area contributed by atoms with E-state index in [-0.39, 0.29) is 43.6 Å². The Hall–Kier alpha value is -10.2. The second kappa shape index (κ2) is 47.2. The minimum absolute atomic E-state index is 0.0540. The van der Waals surface area contributed by atoms with Crippen LogP contribution in [0.2, 0.25) is 0 Å². The van der Waals surface area contributed by atoms with Gasteiger partial charge in [-0.3, -0.25) is 47.9 Å². The number of nitrogens with two attached hydrogens (primary N) is 2. The molecule has 10 atom stereocenters. The molecule has 0 radical (unpaired) electrons. The van der Waals surface area contributed by atoms with E-state index in [4.69, 9.17) is 49.4 Å². The molecule has 6 rings (SSSR count). The van der Waals surface area contributed by atoms with Crippen LogP contribution in [-0.2, 0) is 92.6 Å². The third kappa shape index (κ3) is 34.0. The number of benzene rings is 6. The highest BCUT2D eigenvalue weighted by Crippen LogP contribution is 2.40. The zero-order chi connectivity index (χ0) is 92.2. The number of ketones is 4. The summed E-state index contributed by atoms with van der Waals surface area (Å²) in [4.78, 5) is 149. The first-order valence-corrected chi connectivity index (χ1v) is 43.3. The molecule has 24 nitrogen and oxygen atoms in total. The van der Waals surface area contributed by atoms with Gasteiger partial charge < -0.3 is 70.6 Å². The molecule has 0 saturated heterocycles. The topological polar surface area (TPSA) is 345 Å². The largest absolute Gasteiger partial charge is 0.497 e. The van der Waals surface area contributed by atoms with Crippen LogP contribution in [0.1, 0.15) is 232 Å². The Labute approximate surface area is 733 Å². The predicted molar refractivity (Wildman–Crippen MR) is 479 cm³/mol. The van der Waals surface area contributed by atoms with Crippen LogP contribution >= 0.6 is 0 Å². The molecule has 6 aromatic carbocycles. The molecule has 0 aliphatic heterocycles. The standard InChI is InChI=1S/C99H137FN6O18/c1-22-24-27-45-119-75-42-43-76(67(23-2)50-75)68-35-33-65(34-36-68)49-71(92(114)103-80(32-28-29-66-47-61(3)46-62(4)48-66)83(108)54-78(77-44-41-74(117-20)53-86(77)118-21)69-37-39-73(40-38-69)120-60-87(102)111)51-82(107)81(55-89(113)124-98(16,17)18)104-93(115)72(59-121-95(7,8)9)52-84(109)90(63(5)122-96(10,11)12)106-94(116)99(19,56-70-30-25-26-31-79(70)100)57-85(110)91(105-88(112)58-101)64(6)123-97(13,14)15/h25-26,30-31,33-44,46-48,50,53,63-64,71-72,78,80-81,90-91H,22-24,27-29,32,45,49,51-52,54-60,101H2,1-21H3,(H2,102,111)(H,103,114)(H,104,115)(H,105,112)(H,106,116)/t63-,64-,71-,72+,78?,80+,81+,90+,91+,99-/m1/s1. The number of hydrogen-bond donors (Lipinski definition) is 6. The summed E-state index contributed by atoms with van der Waals surface area (Å²) in [5, 5.41) is 11.5. The highest BCUT2D eigenvalue weighted by atomic mass is 19.1. The summed E-state index contributed by atoms with van der Waals surface area (Å²) in [7, 11) is 3.03. The van der Waals surface area contributed by atoms with Gasteiger partial charge in [0.15, 0.2) is 29.7 Å². The Kier molecular flexibility index (Phi) is 39.1. The molecule has 25 heteroatoms. The lowest BCUT2D eigenvalue weighted by Gasteiger charge is -2.36. The smallest absolute Gasteiger partial charge is 0.308 e. The van der Waals surface area contributed by atoms with E-state index in [1.54, 1.807) is 145 Å². The number of esters is 1. The SMILES string of the molecule is CCCCCOc1ccc(-c2ccc(C[C@H](CC(=O)[C@H](CC(=O)OC(C)(C)C)NC(=O)[C@H](COC(C)(C)C)CC(=O)[C@@H](NC(=O)[C@@](C)(CC(=O)[C@@H](NC(=O)CN)[C@@H](C)OC(C)(C)C)Cc3ccccc3F)[C@@H](C)OC(C)(C)C)C(=O)N[C@@H](CCCc3cc(C)cc(C)c3)C(=O)CC(c3ccc(OCC(N)=O)cc3)c3ccc(OC)cc3OC)cc2)c(CC)c1. The summed E-state index contributed by atoms with van der Waals surface area (Å²) in [6.45, 7) is 32.7. The van der Waals surface area contributed by atoms with E-state index in [1.807, 2.05) is 56.3 Å². The highest BCUT2D eigenvalue weighted by Gasteiger charge is 2.45. The molecule has 0 aliphatic rings. The number of aryl methyl sites for hydroxylation is 4. The first-order chi connectivity index (χ1) is 58.1. The summed E-state index contributed by atoms with van der Waals surface area (Å²) in [5.41, 5.74) is 13.4. The Morgan fingerprint density at radius 1 is 0.532 bits per heavy atom. The van der Waals surface area contributed by atoms with Gasteiger partial charge >= 0.3 is 5.97 Å². The molecule has 8 N–H and O–H groups in total. The fourth-order valence-electron chi connectivity index (χ4n) is 15.2. The molecular formula is C99H137FN6O18. The third-order valence-corrected chi connectivity index (χ3v) is 21.1. The van der Waals surface area contributed by atoms with Crippen LogP contribution in [0, 0.1) is 36.9 Å². The summed E-state index contributed by atoms with van der Waals surface area (Å²) in [5.74, 6) is -9.59. The summed E-state index contributed by atoms with van der Waals surface area (Å²) in [6.07, 6.45) is -0.729. The third-order valence-electron chi connectivity index (χ3n) is 21.1. The van der Waals surface area contributed by atoms with Crippen molar-refractivity contribution < 1.29 is 90.2 Å². The second-order valence-electron chi connectivity index (χ2n) is 36.8. The fourth-order valence-corrected chi connectivity index (χ4v) is 15.2. The van der Waals surface area contributed by atoms with Crippen LogP contribution in [0.15, 0.2) is 127 Å². The Balaban J connectivity index is 1.48. The molecule has 0 fully saturated rings. The number of carbonyl (C=O) groups is 10. The lowest BCUT2D eigenvalue weighted by atomic mass is 9.76. The first kappa shape index (κ1) is 103. The normalized spacial score (nSPS) is 14.6. The zero-order valence-corrected chi connectivity index (χ0v) is 76.9. The maximum absolute atomic E-state index is 16.1. The Morgan fingerprint density at radius 3 is 1.69 bits per heavy atom. The number of methoxy groups -OCH3 is 2. The maximum atomic E-state index is 16.1. The van der Waals surface area contributed by atoms with Crippen molar-refractivity contribution in [1.29, 1.82) is 0 Å². The predicted octanol–water partition coefficient (Wildman–Crippen LogP) is 14.7. The van der Waals surface area contributed by atoms with Crippen molar-refractivity contribution >= 4 is 58.6 Å². The molecule has 6 aromatic rings. The molecule has 0 aromatic heterocycles. The molecule has 5 amide bonds. The number of Topliss-reactive ketones (excluding diaryl/α,β-unsaturated/α-hetero) is 4.